The van der Waals surface area contributed by atoms with Gasteiger partial charge in [-0.2, -0.15) is 0 Å². The van der Waals surface area contributed by atoms with Crippen molar-refractivity contribution in [3.05, 3.63) is 58.8 Å². The molecule has 0 fully saturated rings. The lowest BCUT2D eigenvalue weighted by Crippen LogP contribution is -1.82. The Labute approximate surface area is 119 Å². The fourth-order valence-electron chi connectivity index (χ4n) is 1.84. The number of pyridine rings is 1. The van der Waals surface area contributed by atoms with Gasteiger partial charge in [0.2, 0.25) is 0 Å². The van der Waals surface area contributed by atoms with Crippen LogP contribution in [0.15, 0.2) is 63.4 Å². The molecule has 0 aliphatic carbocycles. The summed E-state index contributed by atoms with van der Waals surface area (Å²) >= 11 is 3.45. The van der Waals surface area contributed by atoms with Crippen molar-refractivity contribution in [2.24, 2.45) is 10.2 Å². The quantitative estimate of drug-likeness (QED) is 0.625. The molecule has 0 aliphatic heterocycles. The van der Waals surface area contributed by atoms with E-state index in [1.54, 1.807) is 0 Å². The summed E-state index contributed by atoms with van der Waals surface area (Å²) in [4.78, 5) is 4.45. The molecule has 4 nitrogen and oxygen atoms in total. The van der Waals surface area contributed by atoms with Crippen LogP contribution in [-0.4, -0.2) is 9.38 Å². The number of aromatic nitrogens is 2. The largest absolute Gasteiger partial charge is 0.282 e. The van der Waals surface area contributed by atoms with E-state index >= 15 is 0 Å². The van der Waals surface area contributed by atoms with Crippen LogP contribution < -0.4 is 0 Å². The zero-order valence-corrected chi connectivity index (χ0v) is 11.9. The Morgan fingerprint density at radius 2 is 1.84 bits per heavy atom. The van der Waals surface area contributed by atoms with E-state index in [2.05, 4.69) is 31.1 Å². The summed E-state index contributed by atoms with van der Waals surface area (Å²) in [5.74, 6) is 0.750. The normalized spacial score (nSPS) is 11.5. The minimum atomic E-state index is 0.750. The third-order valence-electron chi connectivity index (χ3n) is 2.74. The first-order valence-electron chi connectivity index (χ1n) is 5.85. The van der Waals surface area contributed by atoms with Gasteiger partial charge in [0.05, 0.1) is 11.4 Å². The van der Waals surface area contributed by atoms with Crippen LogP contribution in [0.25, 0.3) is 5.65 Å². The van der Waals surface area contributed by atoms with E-state index in [0.29, 0.717) is 0 Å². The zero-order valence-electron chi connectivity index (χ0n) is 10.3. The van der Waals surface area contributed by atoms with Gasteiger partial charge >= 0.3 is 0 Å². The summed E-state index contributed by atoms with van der Waals surface area (Å²) in [6.07, 6.45) is 1.94. The smallest absolute Gasteiger partial charge is 0.182 e. The lowest BCUT2D eigenvalue weighted by Gasteiger charge is -1.97. The molecular weight excluding hydrogens is 304 g/mol. The highest BCUT2D eigenvalue weighted by Gasteiger charge is 2.07. The van der Waals surface area contributed by atoms with Crippen molar-refractivity contribution in [1.82, 2.24) is 9.38 Å². The van der Waals surface area contributed by atoms with E-state index in [4.69, 9.17) is 0 Å². The maximum absolute atomic E-state index is 4.45. The van der Waals surface area contributed by atoms with Crippen molar-refractivity contribution in [3.63, 3.8) is 0 Å². The third kappa shape index (κ3) is 2.42. The second kappa shape index (κ2) is 4.93. The van der Waals surface area contributed by atoms with Gasteiger partial charge < -0.3 is 0 Å². The number of hydrogen-bond donors (Lipinski definition) is 0. The van der Waals surface area contributed by atoms with Gasteiger partial charge in [-0.25, -0.2) is 4.98 Å². The molecule has 0 aliphatic rings. The molecule has 19 heavy (non-hydrogen) atoms. The van der Waals surface area contributed by atoms with Crippen LogP contribution in [0.3, 0.4) is 0 Å². The first-order chi connectivity index (χ1) is 9.24. The molecule has 0 bridgehead atoms. The predicted octanol–water partition coefficient (Wildman–Crippen LogP) is 4.82. The van der Waals surface area contributed by atoms with Crippen LogP contribution in [0.4, 0.5) is 11.5 Å². The molecule has 0 unspecified atom stereocenters. The molecule has 0 N–H and O–H groups in total. The molecule has 1 aromatic carbocycles. The third-order valence-corrected chi connectivity index (χ3v) is 3.21. The van der Waals surface area contributed by atoms with Crippen LogP contribution in [0.1, 0.15) is 5.69 Å². The van der Waals surface area contributed by atoms with Gasteiger partial charge in [0, 0.05) is 10.7 Å². The fourth-order valence-corrected chi connectivity index (χ4v) is 2.18. The van der Waals surface area contributed by atoms with E-state index in [0.717, 1.165) is 27.3 Å². The lowest BCUT2D eigenvalue weighted by molar-refractivity contribution is 1.09. The van der Waals surface area contributed by atoms with Crippen molar-refractivity contribution >= 4 is 33.1 Å². The minimum absolute atomic E-state index is 0.750. The van der Waals surface area contributed by atoms with Gasteiger partial charge in [-0.05, 0) is 47.1 Å². The Balaban J connectivity index is 2.07. The molecular formula is C14H11BrN4. The number of azo groups is 1. The summed E-state index contributed by atoms with van der Waals surface area (Å²) < 4.78 is 2.90. The summed E-state index contributed by atoms with van der Waals surface area (Å²) in [7, 11) is 0. The van der Waals surface area contributed by atoms with Gasteiger partial charge in [0.1, 0.15) is 5.65 Å². The first-order valence-corrected chi connectivity index (χ1v) is 6.64. The maximum Gasteiger partial charge on any atom is 0.182 e. The van der Waals surface area contributed by atoms with Crippen molar-refractivity contribution in [3.8, 4) is 0 Å². The number of benzene rings is 1. The van der Waals surface area contributed by atoms with E-state index in [-0.39, 0.29) is 0 Å². The van der Waals surface area contributed by atoms with Crippen molar-refractivity contribution < 1.29 is 0 Å². The number of fused-ring (bicyclic) bond motifs is 1. The maximum atomic E-state index is 4.45. The van der Waals surface area contributed by atoms with Gasteiger partial charge in [-0.3, -0.25) is 4.40 Å². The number of imidazole rings is 1. The molecule has 0 amide bonds. The molecule has 0 radical (unpaired) electrons. The van der Waals surface area contributed by atoms with Gasteiger partial charge in [0.25, 0.3) is 0 Å². The SMILES string of the molecule is Cc1nc2ccc(Br)cn2c1N=Nc1ccccc1. The second-order valence-electron chi connectivity index (χ2n) is 4.13. The van der Waals surface area contributed by atoms with Crippen molar-refractivity contribution in [1.29, 1.82) is 0 Å². The topological polar surface area (TPSA) is 42.0 Å². The fraction of sp³-hybridized carbons (Fsp3) is 0.0714. The number of aryl methyl sites for hydroxylation is 1. The number of halogens is 1. The molecule has 2 aromatic heterocycles. The van der Waals surface area contributed by atoms with Crippen molar-refractivity contribution in [2.45, 2.75) is 6.92 Å². The lowest BCUT2D eigenvalue weighted by atomic mass is 10.3. The molecule has 94 valence electrons. The Kier molecular flexibility index (Phi) is 3.13. The Bertz CT molecular complexity index is 747. The van der Waals surface area contributed by atoms with Crippen LogP contribution in [0.5, 0.6) is 0 Å². The van der Waals surface area contributed by atoms with E-state index in [1.807, 2.05) is 60.0 Å². The molecule has 0 saturated heterocycles. The summed E-state index contributed by atoms with van der Waals surface area (Å²) in [6.45, 7) is 1.93. The Hall–Kier alpha value is -2.01. The predicted molar refractivity (Wildman–Crippen MR) is 78.2 cm³/mol. The molecule has 0 saturated carbocycles. The monoisotopic (exact) mass is 314 g/mol. The van der Waals surface area contributed by atoms with E-state index in [9.17, 15) is 0 Å². The molecule has 5 heteroatoms. The zero-order chi connectivity index (χ0) is 13.2. The molecule has 3 aromatic rings. The molecule has 0 spiro atoms. The number of hydrogen-bond acceptors (Lipinski definition) is 3. The number of nitrogens with zero attached hydrogens (tertiary/aromatic N) is 4. The highest BCUT2D eigenvalue weighted by molar-refractivity contribution is 9.10. The molecule has 3 rings (SSSR count). The Morgan fingerprint density at radius 3 is 2.63 bits per heavy atom. The van der Waals surface area contributed by atoms with Crippen LogP contribution in [0, 0.1) is 6.92 Å². The second-order valence-corrected chi connectivity index (χ2v) is 5.05. The summed E-state index contributed by atoms with van der Waals surface area (Å²) in [5, 5.41) is 8.55. The standard InChI is InChI=1S/C14H11BrN4/c1-10-14(18-17-12-5-3-2-4-6-12)19-9-11(15)7-8-13(19)16-10/h2-9H,1H3. The highest BCUT2D eigenvalue weighted by atomic mass is 79.9. The summed E-state index contributed by atoms with van der Waals surface area (Å²) in [6, 6.07) is 13.6. The Morgan fingerprint density at radius 1 is 1.05 bits per heavy atom. The summed E-state index contributed by atoms with van der Waals surface area (Å²) in [5.41, 5.74) is 2.55. The van der Waals surface area contributed by atoms with Gasteiger partial charge in [-0.1, -0.05) is 18.2 Å². The average molecular weight is 315 g/mol. The first kappa shape index (κ1) is 12.0. The van der Waals surface area contributed by atoms with Crippen LogP contribution in [-0.2, 0) is 0 Å². The van der Waals surface area contributed by atoms with Crippen LogP contribution in [0.2, 0.25) is 0 Å². The van der Waals surface area contributed by atoms with Gasteiger partial charge in [-0.15, -0.1) is 10.2 Å². The van der Waals surface area contributed by atoms with E-state index < -0.39 is 0 Å². The van der Waals surface area contributed by atoms with Gasteiger partial charge in [0.15, 0.2) is 5.82 Å². The van der Waals surface area contributed by atoms with E-state index in [1.165, 1.54) is 0 Å². The average Bonchev–Trinajstić information content (AvgIpc) is 2.73. The molecule has 0 atom stereocenters. The van der Waals surface area contributed by atoms with Crippen LogP contribution >= 0.6 is 15.9 Å². The van der Waals surface area contributed by atoms with Crippen molar-refractivity contribution in [2.75, 3.05) is 0 Å². The number of rotatable bonds is 2. The minimum Gasteiger partial charge on any atom is -0.282 e. The highest BCUT2D eigenvalue weighted by Crippen LogP contribution is 2.24. The molecule has 2 heterocycles.